The molecule has 0 spiro atoms. The van der Waals surface area contributed by atoms with Crippen LogP contribution in [-0.4, -0.2) is 18.1 Å². The summed E-state index contributed by atoms with van der Waals surface area (Å²) in [5.74, 6) is -3.51. The van der Waals surface area contributed by atoms with Crippen molar-refractivity contribution in [2.75, 3.05) is 0 Å². The lowest BCUT2D eigenvalue weighted by Crippen LogP contribution is -2.27. The number of carbonyl (C=O) groups excluding carboxylic acids is 2. The van der Waals surface area contributed by atoms with Crippen molar-refractivity contribution in [1.29, 1.82) is 0 Å². The van der Waals surface area contributed by atoms with Crippen LogP contribution in [0.25, 0.3) is 0 Å². The van der Waals surface area contributed by atoms with E-state index in [2.05, 4.69) is 4.74 Å². The monoisotopic (exact) mass is 246 g/mol. The van der Waals surface area contributed by atoms with E-state index in [0.29, 0.717) is 0 Å². The van der Waals surface area contributed by atoms with Crippen LogP contribution in [0.15, 0.2) is 23.8 Å². The Bertz CT molecular complexity index is 404. The summed E-state index contributed by atoms with van der Waals surface area (Å²) < 4.78 is 39.2. The third-order valence-electron chi connectivity index (χ3n) is 2.93. The molecule has 0 amide bonds. The summed E-state index contributed by atoms with van der Waals surface area (Å²) in [4.78, 5) is 21.5. The zero-order valence-corrected chi connectivity index (χ0v) is 8.66. The Morgan fingerprint density at radius 3 is 2.18 bits per heavy atom. The fourth-order valence-corrected chi connectivity index (χ4v) is 2.18. The molecule has 17 heavy (non-hydrogen) atoms. The molecule has 2 rings (SSSR count). The Kier molecular flexibility index (Phi) is 2.81. The van der Waals surface area contributed by atoms with Crippen molar-refractivity contribution >= 4 is 11.9 Å². The molecule has 0 heterocycles. The molecule has 1 saturated carbocycles. The van der Waals surface area contributed by atoms with E-state index >= 15 is 0 Å². The lowest BCUT2D eigenvalue weighted by atomic mass is 10.0. The maximum Gasteiger partial charge on any atom is 0.491 e. The lowest BCUT2D eigenvalue weighted by molar-refractivity contribution is -0.200. The number of rotatable bonds is 1. The van der Waals surface area contributed by atoms with Gasteiger partial charge in [-0.05, 0) is 30.3 Å². The third-order valence-corrected chi connectivity index (χ3v) is 2.93. The van der Waals surface area contributed by atoms with E-state index in [1.165, 1.54) is 0 Å². The predicted octanol–water partition coefficient (Wildman–Crippen LogP) is 2.14. The second-order valence-corrected chi connectivity index (χ2v) is 4.03. The van der Waals surface area contributed by atoms with Crippen LogP contribution in [-0.2, 0) is 14.3 Å². The van der Waals surface area contributed by atoms with Crippen LogP contribution in [0, 0.1) is 11.8 Å². The summed E-state index contributed by atoms with van der Waals surface area (Å²) >= 11 is 0. The van der Waals surface area contributed by atoms with Gasteiger partial charge < -0.3 is 4.74 Å². The molecular weight excluding hydrogens is 237 g/mol. The topological polar surface area (TPSA) is 43.4 Å². The van der Waals surface area contributed by atoms with Crippen LogP contribution >= 0.6 is 0 Å². The number of allylic oxidation sites excluding steroid dienone is 3. The van der Waals surface area contributed by atoms with Gasteiger partial charge in [0.05, 0.1) is 0 Å². The predicted molar refractivity (Wildman–Crippen MR) is 50.6 cm³/mol. The van der Waals surface area contributed by atoms with E-state index in [9.17, 15) is 22.8 Å². The molecule has 0 saturated heterocycles. The van der Waals surface area contributed by atoms with Crippen molar-refractivity contribution < 1.29 is 27.5 Å². The molecule has 0 aromatic heterocycles. The van der Waals surface area contributed by atoms with E-state index in [0.717, 1.165) is 24.5 Å². The van der Waals surface area contributed by atoms with E-state index in [4.69, 9.17) is 0 Å². The minimum atomic E-state index is -5.14. The van der Waals surface area contributed by atoms with E-state index in [1.807, 2.05) is 12.2 Å². The fraction of sp³-hybridized carbons (Fsp3) is 0.455. The van der Waals surface area contributed by atoms with E-state index < -0.39 is 18.1 Å². The molecule has 3 nitrogen and oxygen atoms in total. The zero-order chi connectivity index (χ0) is 12.6. The first-order chi connectivity index (χ1) is 7.88. The fourth-order valence-electron chi connectivity index (χ4n) is 2.18. The second-order valence-electron chi connectivity index (χ2n) is 4.03. The average molecular weight is 246 g/mol. The van der Waals surface area contributed by atoms with Gasteiger partial charge in [0.2, 0.25) is 0 Å². The summed E-state index contributed by atoms with van der Waals surface area (Å²) in [6, 6.07) is 0. The molecule has 2 bridgehead atoms. The van der Waals surface area contributed by atoms with E-state index in [-0.39, 0.29) is 11.8 Å². The Labute approximate surface area is 94.9 Å². The Hall–Kier alpha value is -1.59. The first-order valence-corrected chi connectivity index (χ1v) is 5.10. The zero-order valence-electron chi connectivity index (χ0n) is 8.66. The molecule has 92 valence electrons. The molecule has 0 radical (unpaired) electrons. The highest BCUT2D eigenvalue weighted by Gasteiger charge is 2.42. The van der Waals surface area contributed by atoms with Crippen LogP contribution in [0.3, 0.4) is 0 Å². The van der Waals surface area contributed by atoms with Gasteiger partial charge in [0.15, 0.2) is 0 Å². The smallest absolute Gasteiger partial charge is 0.383 e. The van der Waals surface area contributed by atoms with Gasteiger partial charge in [-0.1, -0.05) is 12.2 Å². The number of fused-ring (bicyclic) bond motifs is 2. The number of halogens is 3. The van der Waals surface area contributed by atoms with Crippen LogP contribution in [0.2, 0.25) is 0 Å². The molecule has 0 aromatic carbocycles. The maximum absolute atomic E-state index is 11.8. The van der Waals surface area contributed by atoms with Crippen LogP contribution in [0.4, 0.5) is 13.2 Å². The number of hydrogen-bond acceptors (Lipinski definition) is 3. The molecule has 2 atom stereocenters. The van der Waals surface area contributed by atoms with Crippen molar-refractivity contribution in [1.82, 2.24) is 0 Å². The SMILES string of the molecule is O=C(C=C1[C@@H]2C=C[C@H]1CC2)OC(=O)C(F)(F)F. The summed E-state index contributed by atoms with van der Waals surface area (Å²) in [5.41, 5.74) is 0.741. The summed E-state index contributed by atoms with van der Waals surface area (Å²) in [6.07, 6.45) is 1.46. The molecular formula is C11H9F3O3. The van der Waals surface area contributed by atoms with Crippen molar-refractivity contribution in [2.45, 2.75) is 19.0 Å². The van der Waals surface area contributed by atoms with Crippen molar-refractivity contribution in [3.05, 3.63) is 23.8 Å². The molecule has 6 heteroatoms. The van der Waals surface area contributed by atoms with Crippen molar-refractivity contribution in [2.24, 2.45) is 11.8 Å². The summed E-state index contributed by atoms with van der Waals surface area (Å²) in [7, 11) is 0. The summed E-state index contributed by atoms with van der Waals surface area (Å²) in [5, 5.41) is 0. The molecule has 0 N–H and O–H groups in total. The van der Waals surface area contributed by atoms with Gasteiger partial charge in [0.1, 0.15) is 0 Å². The summed E-state index contributed by atoms with van der Waals surface area (Å²) in [6.45, 7) is 0. The third kappa shape index (κ3) is 2.40. The highest BCUT2D eigenvalue weighted by molar-refractivity contribution is 5.94. The number of hydrogen-bond donors (Lipinski definition) is 0. The quantitative estimate of drug-likeness (QED) is 0.308. The Morgan fingerprint density at radius 1 is 1.24 bits per heavy atom. The minimum Gasteiger partial charge on any atom is -0.383 e. The molecule has 2 aliphatic rings. The lowest BCUT2D eigenvalue weighted by Gasteiger charge is -2.05. The van der Waals surface area contributed by atoms with Gasteiger partial charge >= 0.3 is 18.1 Å². The van der Waals surface area contributed by atoms with Crippen LogP contribution < -0.4 is 0 Å². The highest BCUT2D eigenvalue weighted by Crippen LogP contribution is 2.43. The van der Waals surface area contributed by atoms with Crippen LogP contribution in [0.1, 0.15) is 12.8 Å². The maximum atomic E-state index is 11.8. The standard InChI is InChI=1S/C11H9F3O3/c12-11(13,14)10(16)17-9(15)5-8-6-1-2-7(8)4-3-6/h1-2,5-7H,3-4H2/t6-,7+. The second kappa shape index (κ2) is 4.01. The van der Waals surface area contributed by atoms with Gasteiger partial charge in [-0.2, -0.15) is 13.2 Å². The molecule has 1 fully saturated rings. The number of carbonyl (C=O) groups is 2. The molecule has 2 aliphatic carbocycles. The van der Waals surface area contributed by atoms with Gasteiger partial charge in [0.25, 0.3) is 0 Å². The van der Waals surface area contributed by atoms with Gasteiger partial charge in [-0.3, -0.25) is 0 Å². The van der Waals surface area contributed by atoms with Crippen molar-refractivity contribution in [3.63, 3.8) is 0 Å². The first-order valence-electron chi connectivity index (χ1n) is 5.10. The first kappa shape index (κ1) is 11.9. The van der Waals surface area contributed by atoms with Gasteiger partial charge in [-0.25, -0.2) is 9.59 Å². The van der Waals surface area contributed by atoms with E-state index in [1.54, 1.807) is 0 Å². The number of ether oxygens (including phenoxy) is 1. The van der Waals surface area contributed by atoms with Crippen LogP contribution in [0.5, 0.6) is 0 Å². The molecule has 0 aliphatic heterocycles. The minimum absolute atomic E-state index is 0.105. The number of esters is 2. The average Bonchev–Trinajstić information content (AvgIpc) is 2.76. The Morgan fingerprint density at radius 2 is 1.76 bits per heavy atom. The normalized spacial score (nSPS) is 28.8. The highest BCUT2D eigenvalue weighted by atomic mass is 19.4. The largest absolute Gasteiger partial charge is 0.491 e. The molecule has 0 aromatic rings. The van der Waals surface area contributed by atoms with Gasteiger partial charge in [-0.15, -0.1) is 0 Å². The molecule has 0 unspecified atom stereocenters. The Balaban J connectivity index is 1.99. The number of alkyl halides is 3. The van der Waals surface area contributed by atoms with Crippen molar-refractivity contribution in [3.8, 4) is 0 Å². The van der Waals surface area contributed by atoms with Gasteiger partial charge in [0, 0.05) is 6.08 Å².